The molecule has 0 radical (unpaired) electrons. The first-order valence-electron chi connectivity index (χ1n) is 4.78. The molecule has 0 aromatic heterocycles. The van der Waals surface area contributed by atoms with Gasteiger partial charge in [0.15, 0.2) is 0 Å². The van der Waals surface area contributed by atoms with E-state index in [0.717, 1.165) is 26.3 Å². The quantitative estimate of drug-likeness (QED) is 0.561. The van der Waals surface area contributed by atoms with Gasteiger partial charge in [-0.25, -0.2) is 0 Å². The predicted octanol–water partition coefficient (Wildman–Crippen LogP) is 1.76. The third-order valence-corrected chi connectivity index (χ3v) is 2.59. The van der Waals surface area contributed by atoms with Gasteiger partial charge in [0.2, 0.25) is 0 Å². The van der Waals surface area contributed by atoms with Crippen LogP contribution in [0.5, 0.6) is 0 Å². The van der Waals surface area contributed by atoms with Gasteiger partial charge in [-0.2, -0.15) is 11.8 Å². The van der Waals surface area contributed by atoms with Gasteiger partial charge >= 0.3 is 0 Å². The zero-order valence-electron chi connectivity index (χ0n) is 8.27. The molecule has 0 aromatic carbocycles. The Morgan fingerprint density at radius 1 is 1.17 bits per heavy atom. The van der Waals surface area contributed by atoms with Gasteiger partial charge in [-0.05, 0) is 19.1 Å². The van der Waals surface area contributed by atoms with Gasteiger partial charge in [-0.15, -0.1) is 0 Å². The molecule has 0 bridgehead atoms. The highest BCUT2D eigenvalue weighted by atomic mass is 32.2. The highest BCUT2D eigenvalue weighted by molar-refractivity contribution is 7.99. The van der Waals surface area contributed by atoms with Crippen LogP contribution in [0.15, 0.2) is 0 Å². The summed E-state index contributed by atoms with van der Waals surface area (Å²) < 4.78 is 5.19. The van der Waals surface area contributed by atoms with Crippen LogP contribution in [0.1, 0.15) is 20.3 Å². The maximum Gasteiger partial charge on any atom is 0.0590 e. The fourth-order valence-electron chi connectivity index (χ4n) is 0.804. The molecular formula is C9H21NOS. The van der Waals surface area contributed by atoms with E-state index in [1.807, 2.05) is 18.7 Å². The molecule has 0 amide bonds. The second-order valence-corrected chi connectivity index (χ2v) is 3.78. The van der Waals surface area contributed by atoms with Crippen molar-refractivity contribution in [2.45, 2.75) is 20.3 Å². The molecule has 0 heterocycles. The summed E-state index contributed by atoms with van der Waals surface area (Å²) >= 11 is 2.01. The molecule has 0 atom stereocenters. The van der Waals surface area contributed by atoms with Gasteiger partial charge in [-0.1, -0.05) is 6.92 Å². The lowest BCUT2D eigenvalue weighted by molar-refractivity contribution is 0.150. The zero-order valence-corrected chi connectivity index (χ0v) is 9.08. The van der Waals surface area contributed by atoms with Crippen LogP contribution >= 0.6 is 11.8 Å². The SMILES string of the molecule is CCCSCCNCCOCC. The fourth-order valence-corrected chi connectivity index (χ4v) is 1.59. The molecule has 0 aliphatic carbocycles. The van der Waals surface area contributed by atoms with Gasteiger partial charge in [0.25, 0.3) is 0 Å². The Morgan fingerprint density at radius 2 is 2.00 bits per heavy atom. The number of ether oxygens (including phenoxy) is 1. The van der Waals surface area contributed by atoms with E-state index in [1.165, 1.54) is 17.9 Å². The Kier molecular flexibility index (Phi) is 11.5. The van der Waals surface area contributed by atoms with E-state index >= 15 is 0 Å². The molecule has 1 N–H and O–H groups in total. The minimum absolute atomic E-state index is 0.826. The fraction of sp³-hybridized carbons (Fsp3) is 1.00. The Hall–Kier alpha value is 0.270. The summed E-state index contributed by atoms with van der Waals surface area (Å²) in [7, 11) is 0. The van der Waals surface area contributed by atoms with Gasteiger partial charge in [0.1, 0.15) is 0 Å². The Labute approximate surface area is 80.4 Å². The maximum absolute atomic E-state index is 5.19. The third kappa shape index (κ3) is 10.3. The molecule has 3 heteroatoms. The van der Waals surface area contributed by atoms with Crippen molar-refractivity contribution in [3.63, 3.8) is 0 Å². The van der Waals surface area contributed by atoms with Crippen molar-refractivity contribution in [3.8, 4) is 0 Å². The number of hydrogen-bond acceptors (Lipinski definition) is 3. The number of nitrogens with one attached hydrogen (secondary N) is 1. The van der Waals surface area contributed by atoms with Crippen molar-refractivity contribution in [1.82, 2.24) is 5.32 Å². The molecule has 12 heavy (non-hydrogen) atoms. The van der Waals surface area contributed by atoms with Crippen LogP contribution in [0.2, 0.25) is 0 Å². The van der Waals surface area contributed by atoms with Crippen molar-refractivity contribution >= 4 is 11.8 Å². The number of hydrogen-bond donors (Lipinski definition) is 1. The lowest BCUT2D eigenvalue weighted by atomic mass is 10.6. The molecule has 0 fully saturated rings. The van der Waals surface area contributed by atoms with Gasteiger partial charge in [-0.3, -0.25) is 0 Å². The standard InChI is InChI=1S/C9H21NOS/c1-3-8-12-9-6-10-5-7-11-4-2/h10H,3-9H2,1-2H3. The average Bonchev–Trinajstić information content (AvgIpc) is 2.10. The summed E-state index contributed by atoms with van der Waals surface area (Å²) in [4.78, 5) is 0. The van der Waals surface area contributed by atoms with Crippen LogP contribution in [0.3, 0.4) is 0 Å². The van der Waals surface area contributed by atoms with E-state index in [-0.39, 0.29) is 0 Å². The lowest BCUT2D eigenvalue weighted by Crippen LogP contribution is -2.22. The van der Waals surface area contributed by atoms with Gasteiger partial charge < -0.3 is 10.1 Å². The molecule has 0 aromatic rings. The molecule has 0 rings (SSSR count). The highest BCUT2D eigenvalue weighted by Crippen LogP contribution is 1.99. The van der Waals surface area contributed by atoms with E-state index in [4.69, 9.17) is 4.74 Å². The first-order valence-corrected chi connectivity index (χ1v) is 5.93. The minimum atomic E-state index is 0.826. The summed E-state index contributed by atoms with van der Waals surface area (Å²) in [5.74, 6) is 2.51. The van der Waals surface area contributed by atoms with E-state index < -0.39 is 0 Å². The normalized spacial score (nSPS) is 10.5. The summed E-state index contributed by atoms with van der Waals surface area (Å²) in [5.41, 5.74) is 0. The molecule has 0 unspecified atom stereocenters. The molecule has 0 spiro atoms. The average molecular weight is 191 g/mol. The van der Waals surface area contributed by atoms with E-state index in [2.05, 4.69) is 12.2 Å². The van der Waals surface area contributed by atoms with Gasteiger partial charge in [0.05, 0.1) is 6.61 Å². The van der Waals surface area contributed by atoms with Gasteiger partial charge in [0, 0.05) is 25.4 Å². The summed E-state index contributed by atoms with van der Waals surface area (Å²) in [6.45, 7) is 8.01. The molecular weight excluding hydrogens is 170 g/mol. The molecule has 74 valence electrons. The highest BCUT2D eigenvalue weighted by Gasteiger charge is 1.88. The molecule has 0 saturated heterocycles. The monoisotopic (exact) mass is 191 g/mol. The van der Waals surface area contributed by atoms with Crippen molar-refractivity contribution in [1.29, 1.82) is 0 Å². The second kappa shape index (κ2) is 11.3. The molecule has 0 saturated carbocycles. The van der Waals surface area contributed by atoms with Crippen LogP contribution < -0.4 is 5.32 Å². The van der Waals surface area contributed by atoms with E-state index in [0.29, 0.717) is 0 Å². The summed E-state index contributed by atoms with van der Waals surface area (Å²) in [6, 6.07) is 0. The van der Waals surface area contributed by atoms with Crippen LogP contribution in [-0.4, -0.2) is 37.8 Å². The van der Waals surface area contributed by atoms with Crippen molar-refractivity contribution in [2.75, 3.05) is 37.8 Å². The Bertz CT molecular complexity index is 70.9. The predicted molar refractivity (Wildman–Crippen MR) is 57.0 cm³/mol. The van der Waals surface area contributed by atoms with Crippen molar-refractivity contribution < 1.29 is 4.74 Å². The van der Waals surface area contributed by atoms with Crippen molar-refractivity contribution in [2.24, 2.45) is 0 Å². The third-order valence-electron chi connectivity index (χ3n) is 1.40. The Balaban J connectivity index is 2.73. The second-order valence-electron chi connectivity index (χ2n) is 2.56. The maximum atomic E-state index is 5.19. The number of rotatable bonds is 9. The zero-order chi connectivity index (χ0) is 9.07. The van der Waals surface area contributed by atoms with Crippen LogP contribution in [0.4, 0.5) is 0 Å². The van der Waals surface area contributed by atoms with Crippen molar-refractivity contribution in [3.05, 3.63) is 0 Å². The minimum Gasteiger partial charge on any atom is -0.380 e. The number of thioether (sulfide) groups is 1. The van der Waals surface area contributed by atoms with Crippen LogP contribution in [0, 0.1) is 0 Å². The largest absolute Gasteiger partial charge is 0.380 e. The topological polar surface area (TPSA) is 21.3 Å². The van der Waals surface area contributed by atoms with Crippen LogP contribution in [-0.2, 0) is 4.74 Å². The lowest BCUT2D eigenvalue weighted by Gasteiger charge is -2.03. The van der Waals surface area contributed by atoms with Crippen LogP contribution in [0.25, 0.3) is 0 Å². The van der Waals surface area contributed by atoms with E-state index in [1.54, 1.807) is 0 Å². The summed E-state index contributed by atoms with van der Waals surface area (Å²) in [5, 5.41) is 3.33. The molecule has 2 nitrogen and oxygen atoms in total. The first kappa shape index (κ1) is 12.3. The summed E-state index contributed by atoms with van der Waals surface area (Å²) in [6.07, 6.45) is 1.28. The van der Waals surface area contributed by atoms with E-state index in [9.17, 15) is 0 Å². The smallest absolute Gasteiger partial charge is 0.0590 e. The molecule has 0 aliphatic heterocycles. The molecule has 0 aliphatic rings. The first-order chi connectivity index (χ1) is 5.91. The Morgan fingerprint density at radius 3 is 2.67 bits per heavy atom.